The number of benzene rings is 1. The maximum Gasteiger partial charge on any atom is 0.252 e. The Morgan fingerprint density at radius 1 is 1.53 bits per heavy atom. The van der Waals surface area contributed by atoms with E-state index in [9.17, 15) is 4.79 Å². The van der Waals surface area contributed by atoms with Crippen LogP contribution in [-0.2, 0) is 0 Å². The van der Waals surface area contributed by atoms with Crippen LogP contribution in [0.15, 0.2) is 29.4 Å². The Labute approximate surface area is 86.7 Å². The highest BCUT2D eigenvalue weighted by Gasteiger charge is 2.02. The third kappa shape index (κ3) is 3.07. The largest absolute Gasteiger partial charge is 0.341 e. The molecule has 0 aliphatic carbocycles. The molecule has 0 aliphatic rings. The van der Waals surface area contributed by atoms with Crippen molar-refractivity contribution in [1.29, 1.82) is 0 Å². The van der Waals surface area contributed by atoms with E-state index in [4.69, 9.17) is 12.0 Å². The van der Waals surface area contributed by atoms with Crippen molar-refractivity contribution in [1.82, 2.24) is 5.32 Å². The predicted molar refractivity (Wildman–Crippen MR) is 56.4 cm³/mol. The van der Waals surface area contributed by atoms with Crippen LogP contribution in [0.5, 0.6) is 0 Å². The molecule has 0 fully saturated rings. The van der Waals surface area contributed by atoms with Gasteiger partial charge in [0.1, 0.15) is 0 Å². The van der Waals surface area contributed by atoms with Gasteiger partial charge in [-0.15, -0.1) is 6.42 Å². The summed E-state index contributed by atoms with van der Waals surface area (Å²) in [5.74, 6) is 2.05. The Morgan fingerprint density at radius 3 is 2.73 bits per heavy atom. The van der Waals surface area contributed by atoms with E-state index in [0.717, 1.165) is 0 Å². The number of azide groups is 1. The molecule has 5 heteroatoms. The summed E-state index contributed by atoms with van der Waals surface area (Å²) in [6.45, 7) is 0.191. The summed E-state index contributed by atoms with van der Waals surface area (Å²) in [6, 6.07) is 6.25. The zero-order valence-electron chi connectivity index (χ0n) is 7.84. The van der Waals surface area contributed by atoms with E-state index < -0.39 is 0 Å². The van der Waals surface area contributed by atoms with Gasteiger partial charge in [0, 0.05) is 16.2 Å². The van der Waals surface area contributed by atoms with E-state index in [1.54, 1.807) is 24.3 Å². The molecule has 0 saturated carbocycles. The number of rotatable bonds is 3. The minimum absolute atomic E-state index is 0.191. The zero-order chi connectivity index (χ0) is 11.1. The predicted octanol–water partition coefficient (Wildman–Crippen LogP) is 1.99. The first kappa shape index (κ1) is 10.6. The Bertz CT molecular complexity index is 437. The lowest BCUT2D eigenvalue weighted by Crippen LogP contribution is -2.23. The molecule has 0 aromatic heterocycles. The van der Waals surface area contributed by atoms with E-state index in [1.807, 2.05) is 0 Å². The second kappa shape index (κ2) is 5.32. The fourth-order valence-electron chi connectivity index (χ4n) is 0.964. The molecule has 1 amide bonds. The van der Waals surface area contributed by atoms with E-state index >= 15 is 0 Å². The number of terminal acetylenes is 1. The molecule has 0 unspecified atom stereocenters. The molecule has 15 heavy (non-hydrogen) atoms. The monoisotopic (exact) mass is 200 g/mol. The van der Waals surface area contributed by atoms with Crippen LogP contribution in [0.3, 0.4) is 0 Å². The molecule has 1 N–H and O–H groups in total. The summed E-state index contributed by atoms with van der Waals surface area (Å²) in [5.41, 5.74) is 9.11. The van der Waals surface area contributed by atoms with Gasteiger partial charge in [-0.3, -0.25) is 4.79 Å². The molecular weight excluding hydrogens is 192 g/mol. The fourth-order valence-corrected chi connectivity index (χ4v) is 0.964. The van der Waals surface area contributed by atoms with Crippen molar-refractivity contribution < 1.29 is 4.79 Å². The van der Waals surface area contributed by atoms with E-state index in [2.05, 4.69) is 21.3 Å². The molecule has 0 spiro atoms. The highest BCUT2D eigenvalue weighted by molar-refractivity contribution is 5.94. The highest BCUT2D eigenvalue weighted by Crippen LogP contribution is 2.12. The fraction of sp³-hybridized carbons (Fsp3) is 0.100. The number of carbonyl (C=O) groups is 1. The first-order chi connectivity index (χ1) is 7.27. The van der Waals surface area contributed by atoms with Gasteiger partial charge in [-0.05, 0) is 17.7 Å². The number of nitrogens with zero attached hydrogens (tertiary/aromatic N) is 3. The highest BCUT2D eigenvalue weighted by atomic mass is 16.1. The summed E-state index contributed by atoms with van der Waals surface area (Å²) < 4.78 is 0. The molecular formula is C10H8N4O. The minimum Gasteiger partial charge on any atom is -0.341 e. The van der Waals surface area contributed by atoms with Crippen molar-refractivity contribution in [3.63, 3.8) is 0 Å². The number of hydrogen-bond acceptors (Lipinski definition) is 2. The van der Waals surface area contributed by atoms with Crippen LogP contribution in [0.1, 0.15) is 10.4 Å². The van der Waals surface area contributed by atoms with Crippen LogP contribution >= 0.6 is 0 Å². The van der Waals surface area contributed by atoms with Crippen LogP contribution in [0.25, 0.3) is 10.4 Å². The summed E-state index contributed by atoms with van der Waals surface area (Å²) in [5, 5.41) is 5.91. The van der Waals surface area contributed by atoms with E-state index in [1.165, 1.54) is 0 Å². The van der Waals surface area contributed by atoms with Gasteiger partial charge in [0.15, 0.2) is 0 Å². The SMILES string of the molecule is C#CCNC(=O)c1ccc(N=[N+]=[N-])cc1. The van der Waals surface area contributed by atoms with Crippen LogP contribution in [-0.4, -0.2) is 12.5 Å². The number of carbonyl (C=O) groups excluding carboxylic acids is 1. The molecule has 0 bridgehead atoms. The summed E-state index contributed by atoms with van der Waals surface area (Å²) >= 11 is 0. The summed E-state index contributed by atoms with van der Waals surface area (Å²) in [4.78, 5) is 14.0. The topological polar surface area (TPSA) is 77.9 Å². The van der Waals surface area contributed by atoms with Crippen LogP contribution < -0.4 is 5.32 Å². The molecule has 0 radical (unpaired) electrons. The van der Waals surface area contributed by atoms with Gasteiger partial charge in [-0.25, -0.2) is 0 Å². The molecule has 0 atom stereocenters. The zero-order valence-corrected chi connectivity index (χ0v) is 7.84. The molecule has 74 valence electrons. The van der Waals surface area contributed by atoms with Gasteiger partial charge in [0.05, 0.1) is 6.54 Å². The molecule has 1 rings (SSSR count). The van der Waals surface area contributed by atoms with Crippen molar-refractivity contribution in [2.24, 2.45) is 5.11 Å². The van der Waals surface area contributed by atoms with Crippen LogP contribution in [0, 0.1) is 12.3 Å². The van der Waals surface area contributed by atoms with Gasteiger partial charge in [0.25, 0.3) is 5.91 Å². The van der Waals surface area contributed by atoms with Crippen molar-refractivity contribution >= 4 is 11.6 Å². The van der Waals surface area contributed by atoms with Crippen molar-refractivity contribution in [3.8, 4) is 12.3 Å². The smallest absolute Gasteiger partial charge is 0.252 e. The molecule has 0 heterocycles. The standard InChI is InChI=1S/C10H8N4O/c1-2-7-12-10(15)8-3-5-9(6-4-8)13-14-11/h1,3-6H,7H2,(H,12,15). The molecule has 0 saturated heterocycles. The van der Waals surface area contributed by atoms with Crippen molar-refractivity contribution in [2.45, 2.75) is 0 Å². The Hall–Kier alpha value is -2.44. The average molecular weight is 200 g/mol. The maximum absolute atomic E-state index is 11.4. The third-order valence-corrected chi connectivity index (χ3v) is 1.64. The number of nitrogens with one attached hydrogen (secondary N) is 1. The lowest BCUT2D eigenvalue weighted by atomic mass is 10.2. The number of amides is 1. The van der Waals surface area contributed by atoms with Gasteiger partial charge < -0.3 is 5.32 Å². The Morgan fingerprint density at radius 2 is 2.20 bits per heavy atom. The van der Waals surface area contributed by atoms with E-state index in [-0.39, 0.29) is 12.5 Å². The Balaban J connectivity index is 2.76. The van der Waals surface area contributed by atoms with Crippen molar-refractivity contribution in [2.75, 3.05) is 6.54 Å². The minimum atomic E-state index is -0.250. The van der Waals surface area contributed by atoms with Crippen LogP contribution in [0.4, 0.5) is 5.69 Å². The normalized spacial score (nSPS) is 8.47. The van der Waals surface area contributed by atoms with Crippen LogP contribution in [0.2, 0.25) is 0 Å². The third-order valence-electron chi connectivity index (χ3n) is 1.64. The number of hydrogen-bond donors (Lipinski definition) is 1. The summed E-state index contributed by atoms with van der Waals surface area (Å²) in [6.07, 6.45) is 5.00. The summed E-state index contributed by atoms with van der Waals surface area (Å²) in [7, 11) is 0. The first-order valence-corrected chi connectivity index (χ1v) is 4.14. The molecule has 0 aliphatic heterocycles. The second-order valence-corrected chi connectivity index (χ2v) is 2.62. The Kier molecular flexibility index (Phi) is 3.78. The maximum atomic E-state index is 11.4. The second-order valence-electron chi connectivity index (χ2n) is 2.62. The van der Waals surface area contributed by atoms with Crippen molar-refractivity contribution in [3.05, 3.63) is 40.3 Å². The lowest BCUT2D eigenvalue weighted by Gasteiger charge is -2.00. The van der Waals surface area contributed by atoms with Gasteiger partial charge in [-0.2, -0.15) is 0 Å². The molecule has 1 aromatic rings. The quantitative estimate of drug-likeness (QED) is 0.344. The first-order valence-electron chi connectivity index (χ1n) is 4.14. The van der Waals surface area contributed by atoms with Gasteiger partial charge in [-0.1, -0.05) is 23.2 Å². The van der Waals surface area contributed by atoms with Gasteiger partial charge >= 0.3 is 0 Å². The molecule has 1 aromatic carbocycles. The average Bonchev–Trinajstić information content (AvgIpc) is 2.27. The molecule has 5 nitrogen and oxygen atoms in total. The van der Waals surface area contributed by atoms with E-state index in [0.29, 0.717) is 11.3 Å². The lowest BCUT2D eigenvalue weighted by molar-refractivity contribution is 0.0959. The van der Waals surface area contributed by atoms with Gasteiger partial charge in [0.2, 0.25) is 0 Å².